The second-order valence-electron chi connectivity index (χ2n) is 8.64. The smallest absolute Gasteiger partial charge is 0.243 e. The SMILES string of the molecule is CC(C)NC(=O)C(Cc1ccccc1)N(Cc1cccc(Br)c1)C(=O)CSCc1cccc(Cl)c1. The van der Waals surface area contributed by atoms with Crippen molar-refractivity contribution in [2.24, 2.45) is 0 Å². The maximum Gasteiger partial charge on any atom is 0.243 e. The van der Waals surface area contributed by atoms with Crippen LogP contribution >= 0.6 is 39.3 Å². The van der Waals surface area contributed by atoms with E-state index >= 15 is 0 Å². The van der Waals surface area contributed by atoms with Crippen molar-refractivity contribution in [2.45, 2.75) is 44.6 Å². The predicted octanol–water partition coefficient (Wildman–Crippen LogP) is 6.50. The first-order chi connectivity index (χ1) is 16.8. The molecule has 0 aromatic heterocycles. The summed E-state index contributed by atoms with van der Waals surface area (Å²) in [6.45, 7) is 4.20. The van der Waals surface area contributed by atoms with Crippen LogP contribution in [0.15, 0.2) is 83.3 Å². The van der Waals surface area contributed by atoms with Crippen LogP contribution in [0.4, 0.5) is 0 Å². The van der Waals surface area contributed by atoms with Gasteiger partial charge in [0.1, 0.15) is 6.04 Å². The minimum atomic E-state index is -0.627. The Morgan fingerprint density at radius 3 is 2.31 bits per heavy atom. The number of halogens is 2. The van der Waals surface area contributed by atoms with Gasteiger partial charge in [0.2, 0.25) is 11.8 Å². The van der Waals surface area contributed by atoms with Crippen molar-refractivity contribution in [3.63, 3.8) is 0 Å². The van der Waals surface area contributed by atoms with Gasteiger partial charge >= 0.3 is 0 Å². The van der Waals surface area contributed by atoms with Gasteiger partial charge in [0.05, 0.1) is 5.75 Å². The standard InChI is InChI=1S/C28H30BrClN2O2S/c1-20(2)31-28(34)26(16-21-8-4-3-5-9-21)32(17-22-10-6-12-24(29)14-22)27(33)19-35-18-23-11-7-13-25(30)15-23/h3-15,20,26H,16-19H2,1-2H3,(H,31,34). The van der Waals surface area contributed by atoms with Crippen LogP contribution in [0.3, 0.4) is 0 Å². The summed E-state index contributed by atoms with van der Waals surface area (Å²) in [5, 5.41) is 3.70. The minimum Gasteiger partial charge on any atom is -0.352 e. The van der Waals surface area contributed by atoms with E-state index in [1.165, 1.54) is 11.8 Å². The Morgan fingerprint density at radius 1 is 0.943 bits per heavy atom. The van der Waals surface area contributed by atoms with E-state index in [-0.39, 0.29) is 23.6 Å². The number of nitrogens with one attached hydrogen (secondary N) is 1. The van der Waals surface area contributed by atoms with Crippen LogP contribution < -0.4 is 5.32 Å². The van der Waals surface area contributed by atoms with Gasteiger partial charge in [-0.3, -0.25) is 9.59 Å². The molecule has 3 rings (SSSR count). The second kappa shape index (κ2) is 13.7. The Hall–Kier alpha value is -2.28. The summed E-state index contributed by atoms with van der Waals surface area (Å²) in [6.07, 6.45) is 0.443. The van der Waals surface area contributed by atoms with E-state index < -0.39 is 6.04 Å². The normalized spacial score (nSPS) is 11.8. The van der Waals surface area contributed by atoms with E-state index in [9.17, 15) is 9.59 Å². The van der Waals surface area contributed by atoms with Gasteiger partial charge in [-0.1, -0.05) is 82.1 Å². The average molecular weight is 574 g/mol. The first kappa shape index (κ1) is 27.3. The van der Waals surface area contributed by atoms with Gasteiger partial charge < -0.3 is 10.2 Å². The molecule has 3 aromatic rings. The fraction of sp³-hybridized carbons (Fsp3) is 0.286. The van der Waals surface area contributed by atoms with Crippen LogP contribution in [0.1, 0.15) is 30.5 Å². The molecule has 0 aliphatic carbocycles. The van der Waals surface area contributed by atoms with Gasteiger partial charge in [0.15, 0.2) is 0 Å². The summed E-state index contributed by atoms with van der Waals surface area (Å²) < 4.78 is 0.934. The highest BCUT2D eigenvalue weighted by molar-refractivity contribution is 9.10. The van der Waals surface area contributed by atoms with Gasteiger partial charge in [0.25, 0.3) is 0 Å². The fourth-order valence-corrected chi connectivity index (χ4v) is 5.25. The van der Waals surface area contributed by atoms with Crippen molar-refractivity contribution >= 4 is 51.1 Å². The van der Waals surface area contributed by atoms with E-state index in [2.05, 4.69) is 21.2 Å². The summed E-state index contributed by atoms with van der Waals surface area (Å²) in [5.74, 6) is 0.711. The number of benzene rings is 3. The summed E-state index contributed by atoms with van der Waals surface area (Å²) >= 11 is 11.1. The molecule has 184 valence electrons. The molecule has 0 saturated carbocycles. The van der Waals surface area contributed by atoms with Crippen molar-refractivity contribution < 1.29 is 9.59 Å². The molecular formula is C28H30BrClN2O2S. The zero-order valence-corrected chi connectivity index (χ0v) is 23.1. The average Bonchev–Trinajstić information content (AvgIpc) is 2.81. The van der Waals surface area contributed by atoms with Gasteiger partial charge in [0, 0.05) is 34.3 Å². The highest BCUT2D eigenvalue weighted by atomic mass is 79.9. The first-order valence-corrected chi connectivity index (χ1v) is 13.8. The lowest BCUT2D eigenvalue weighted by Gasteiger charge is -2.32. The third-order valence-corrected chi connectivity index (χ3v) is 7.04. The van der Waals surface area contributed by atoms with Crippen LogP contribution in [-0.2, 0) is 28.3 Å². The molecule has 7 heteroatoms. The molecule has 0 heterocycles. The Labute approximate surface area is 225 Å². The summed E-state index contributed by atoms with van der Waals surface area (Å²) in [7, 11) is 0. The molecule has 35 heavy (non-hydrogen) atoms. The third-order valence-electron chi connectivity index (χ3n) is 5.33. The molecule has 0 radical (unpaired) electrons. The molecule has 0 aliphatic heterocycles. The molecule has 4 nitrogen and oxygen atoms in total. The highest BCUT2D eigenvalue weighted by Gasteiger charge is 2.30. The monoisotopic (exact) mass is 572 g/mol. The van der Waals surface area contributed by atoms with Crippen LogP contribution in [-0.4, -0.2) is 34.6 Å². The van der Waals surface area contributed by atoms with Crippen molar-refractivity contribution in [3.8, 4) is 0 Å². The Morgan fingerprint density at radius 2 is 1.63 bits per heavy atom. The second-order valence-corrected chi connectivity index (χ2v) is 11.0. The van der Waals surface area contributed by atoms with Crippen LogP contribution in [0.2, 0.25) is 5.02 Å². The van der Waals surface area contributed by atoms with Crippen molar-refractivity contribution in [1.82, 2.24) is 10.2 Å². The van der Waals surface area contributed by atoms with Crippen molar-refractivity contribution in [3.05, 3.63) is 105 Å². The Kier molecular flexibility index (Phi) is 10.7. The maximum atomic E-state index is 13.6. The molecule has 2 amide bonds. The van der Waals surface area contributed by atoms with Gasteiger partial charge in [-0.15, -0.1) is 11.8 Å². The van der Waals surface area contributed by atoms with Crippen molar-refractivity contribution in [1.29, 1.82) is 0 Å². The maximum absolute atomic E-state index is 13.6. The fourth-order valence-electron chi connectivity index (χ4n) is 3.73. The third kappa shape index (κ3) is 9.02. The molecule has 0 spiro atoms. The first-order valence-electron chi connectivity index (χ1n) is 11.5. The molecule has 0 bridgehead atoms. The van der Waals surface area contributed by atoms with Crippen LogP contribution in [0, 0.1) is 0 Å². The van der Waals surface area contributed by atoms with Gasteiger partial charge in [-0.25, -0.2) is 0 Å². The lowest BCUT2D eigenvalue weighted by atomic mass is 10.0. The number of carbonyl (C=O) groups excluding carboxylic acids is 2. The Balaban J connectivity index is 1.84. The van der Waals surface area contributed by atoms with Gasteiger partial charge in [-0.2, -0.15) is 0 Å². The zero-order chi connectivity index (χ0) is 25.2. The van der Waals surface area contributed by atoms with Gasteiger partial charge in [-0.05, 0) is 54.8 Å². The topological polar surface area (TPSA) is 49.4 Å². The number of rotatable bonds is 11. The number of carbonyl (C=O) groups is 2. The number of thioether (sulfide) groups is 1. The summed E-state index contributed by atoms with van der Waals surface area (Å²) in [6, 6.07) is 24.7. The van der Waals surface area contributed by atoms with E-state index in [0.717, 1.165) is 21.2 Å². The van der Waals surface area contributed by atoms with Crippen molar-refractivity contribution in [2.75, 3.05) is 5.75 Å². The van der Waals surface area contributed by atoms with E-state index in [1.54, 1.807) is 4.90 Å². The summed E-state index contributed by atoms with van der Waals surface area (Å²) in [5.41, 5.74) is 3.03. The number of hydrogen-bond acceptors (Lipinski definition) is 3. The zero-order valence-electron chi connectivity index (χ0n) is 19.9. The number of hydrogen-bond donors (Lipinski definition) is 1. The molecule has 1 unspecified atom stereocenters. The van der Waals surface area contributed by atoms with E-state index in [0.29, 0.717) is 23.7 Å². The highest BCUT2D eigenvalue weighted by Crippen LogP contribution is 2.21. The lowest BCUT2D eigenvalue weighted by Crippen LogP contribution is -2.52. The van der Waals surface area contributed by atoms with Crippen LogP contribution in [0.25, 0.3) is 0 Å². The molecule has 0 fully saturated rings. The molecule has 1 atom stereocenters. The molecule has 0 saturated heterocycles. The summed E-state index contributed by atoms with van der Waals surface area (Å²) in [4.78, 5) is 28.7. The minimum absolute atomic E-state index is 0.0270. The number of amides is 2. The lowest BCUT2D eigenvalue weighted by molar-refractivity contribution is -0.139. The quantitative estimate of drug-likeness (QED) is 0.285. The predicted molar refractivity (Wildman–Crippen MR) is 150 cm³/mol. The molecule has 1 N–H and O–H groups in total. The Bertz CT molecular complexity index is 1130. The number of nitrogens with zero attached hydrogens (tertiary/aromatic N) is 1. The molecule has 0 aliphatic rings. The van der Waals surface area contributed by atoms with E-state index in [4.69, 9.17) is 11.6 Å². The molecular weight excluding hydrogens is 544 g/mol. The molecule has 3 aromatic carbocycles. The van der Waals surface area contributed by atoms with Crippen LogP contribution in [0.5, 0.6) is 0 Å². The largest absolute Gasteiger partial charge is 0.352 e. The van der Waals surface area contributed by atoms with E-state index in [1.807, 2.05) is 92.7 Å².